The average Bonchev–Trinajstić information content (AvgIpc) is 1.95. The minimum atomic E-state index is -0.649. The van der Waals surface area contributed by atoms with Crippen molar-refractivity contribution in [1.82, 2.24) is 9.80 Å². The molecule has 0 aliphatic carbocycles. The number of likely N-dealkylation sites (N-methyl/N-ethyl adjacent to an activating group) is 1. The van der Waals surface area contributed by atoms with Crippen LogP contribution in [0.5, 0.6) is 0 Å². The Hall–Kier alpha value is -1.03. The standard InChI is InChI=1S/C7H13N3O/c1-7(8)4-5-9(2)6(11)10(7)3/h4-5H,8H2,1-3H3. The third-order valence-corrected chi connectivity index (χ3v) is 1.95. The van der Waals surface area contributed by atoms with Gasteiger partial charge in [0, 0.05) is 20.3 Å². The Morgan fingerprint density at radius 3 is 2.55 bits per heavy atom. The Bertz CT molecular complexity index is 210. The number of hydrogen-bond donors (Lipinski definition) is 1. The summed E-state index contributed by atoms with van der Waals surface area (Å²) >= 11 is 0. The van der Waals surface area contributed by atoms with Gasteiger partial charge in [0.25, 0.3) is 0 Å². The van der Waals surface area contributed by atoms with Gasteiger partial charge in [0.15, 0.2) is 0 Å². The fourth-order valence-electron chi connectivity index (χ4n) is 0.881. The summed E-state index contributed by atoms with van der Waals surface area (Å²) in [6.07, 6.45) is 3.47. The Morgan fingerprint density at radius 2 is 2.09 bits per heavy atom. The van der Waals surface area contributed by atoms with Gasteiger partial charge < -0.3 is 15.5 Å². The maximum absolute atomic E-state index is 11.3. The SMILES string of the molecule is CN1C=CC(C)(N)N(C)C1=O. The summed E-state index contributed by atoms with van der Waals surface area (Å²) in [5.74, 6) is 0. The maximum Gasteiger partial charge on any atom is 0.325 e. The molecule has 1 atom stereocenters. The van der Waals surface area contributed by atoms with E-state index in [1.807, 2.05) is 0 Å². The predicted octanol–water partition coefficient (Wildman–Crippen LogP) is 0.172. The van der Waals surface area contributed by atoms with E-state index in [9.17, 15) is 4.79 Å². The maximum atomic E-state index is 11.3. The highest BCUT2D eigenvalue weighted by Crippen LogP contribution is 2.15. The number of rotatable bonds is 0. The van der Waals surface area contributed by atoms with Crippen LogP contribution in [0.15, 0.2) is 12.3 Å². The van der Waals surface area contributed by atoms with E-state index in [2.05, 4.69) is 0 Å². The summed E-state index contributed by atoms with van der Waals surface area (Å²) in [5, 5.41) is 0. The second-order valence-electron chi connectivity index (χ2n) is 2.99. The monoisotopic (exact) mass is 155 g/mol. The largest absolute Gasteiger partial charge is 0.325 e. The van der Waals surface area contributed by atoms with E-state index in [1.54, 1.807) is 33.3 Å². The van der Waals surface area contributed by atoms with Crippen molar-refractivity contribution >= 4 is 6.03 Å². The Kier molecular flexibility index (Phi) is 1.64. The van der Waals surface area contributed by atoms with Gasteiger partial charge in [-0.2, -0.15) is 0 Å². The molecule has 4 nitrogen and oxygen atoms in total. The third kappa shape index (κ3) is 1.21. The highest BCUT2D eigenvalue weighted by atomic mass is 16.2. The van der Waals surface area contributed by atoms with Gasteiger partial charge in [-0.05, 0) is 13.0 Å². The first-order valence-electron chi connectivity index (χ1n) is 3.44. The Balaban J connectivity index is 2.94. The molecule has 0 saturated heterocycles. The zero-order valence-electron chi connectivity index (χ0n) is 7.03. The van der Waals surface area contributed by atoms with Crippen LogP contribution in [-0.4, -0.2) is 35.6 Å². The van der Waals surface area contributed by atoms with Crippen molar-refractivity contribution in [2.24, 2.45) is 5.73 Å². The quantitative estimate of drug-likeness (QED) is 0.542. The van der Waals surface area contributed by atoms with E-state index < -0.39 is 5.66 Å². The van der Waals surface area contributed by atoms with E-state index >= 15 is 0 Å². The van der Waals surface area contributed by atoms with Gasteiger partial charge in [-0.3, -0.25) is 0 Å². The van der Waals surface area contributed by atoms with Crippen LogP contribution in [0.3, 0.4) is 0 Å². The molecule has 0 radical (unpaired) electrons. The van der Waals surface area contributed by atoms with Gasteiger partial charge in [0.05, 0.1) is 0 Å². The van der Waals surface area contributed by atoms with Gasteiger partial charge in [-0.15, -0.1) is 0 Å². The topological polar surface area (TPSA) is 49.6 Å². The van der Waals surface area contributed by atoms with Gasteiger partial charge >= 0.3 is 6.03 Å². The highest BCUT2D eigenvalue weighted by molar-refractivity contribution is 5.77. The molecular weight excluding hydrogens is 142 g/mol. The van der Waals surface area contributed by atoms with Gasteiger partial charge in [0.1, 0.15) is 5.66 Å². The van der Waals surface area contributed by atoms with Crippen LogP contribution in [0.4, 0.5) is 4.79 Å². The molecule has 2 N–H and O–H groups in total. The first-order valence-corrected chi connectivity index (χ1v) is 3.44. The minimum Gasteiger partial charge on any atom is -0.306 e. The van der Waals surface area contributed by atoms with E-state index in [-0.39, 0.29) is 6.03 Å². The number of carbonyl (C=O) groups is 1. The fraction of sp³-hybridized carbons (Fsp3) is 0.571. The molecule has 0 spiro atoms. The van der Waals surface area contributed by atoms with Crippen molar-refractivity contribution in [3.8, 4) is 0 Å². The minimum absolute atomic E-state index is 0.0856. The van der Waals surface area contributed by atoms with E-state index in [0.29, 0.717) is 0 Å². The molecular formula is C7H13N3O. The summed E-state index contributed by atoms with van der Waals surface area (Å²) in [7, 11) is 3.38. The molecule has 4 heteroatoms. The molecule has 11 heavy (non-hydrogen) atoms. The van der Waals surface area contributed by atoms with Crippen molar-refractivity contribution in [1.29, 1.82) is 0 Å². The van der Waals surface area contributed by atoms with E-state index in [1.165, 1.54) is 9.80 Å². The van der Waals surface area contributed by atoms with Gasteiger partial charge in [0.2, 0.25) is 0 Å². The molecule has 0 aromatic heterocycles. The van der Waals surface area contributed by atoms with Crippen LogP contribution in [0, 0.1) is 0 Å². The summed E-state index contributed by atoms with van der Waals surface area (Å²) in [6.45, 7) is 1.79. The molecule has 0 bridgehead atoms. The summed E-state index contributed by atoms with van der Waals surface area (Å²) in [5.41, 5.74) is 5.12. The van der Waals surface area contributed by atoms with Crippen LogP contribution >= 0.6 is 0 Å². The lowest BCUT2D eigenvalue weighted by atomic mass is 10.1. The molecule has 62 valence electrons. The molecule has 1 aliphatic rings. The van der Waals surface area contributed by atoms with Crippen LogP contribution in [0.25, 0.3) is 0 Å². The fourth-order valence-corrected chi connectivity index (χ4v) is 0.881. The van der Waals surface area contributed by atoms with Crippen molar-refractivity contribution in [2.45, 2.75) is 12.6 Å². The van der Waals surface area contributed by atoms with Gasteiger partial charge in [-0.25, -0.2) is 4.79 Å². The molecule has 0 aromatic rings. The Labute approximate surface area is 66.3 Å². The first-order chi connectivity index (χ1) is 4.95. The van der Waals surface area contributed by atoms with Crippen molar-refractivity contribution in [3.05, 3.63) is 12.3 Å². The van der Waals surface area contributed by atoms with E-state index in [4.69, 9.17) is 5.73 Å². The zero-order chi connectivity index (χ0) is 8.65. The Morgan fingerprint density at radius 1 is 1.55 bits per heavy atom. The zero-order valence-corrected chi connectivity index (χ0v) is 7.03. The number of amides is 2. The number of hydrogen-bond acceptors (Lipinski definition) is 2. The molecule has 0 aromatic carbocycles. The molecule has 1 rings (SSSR count). The first kappa shape index (κ1) is 8.07. The summed E-state index contributed by atoms with van der Waals surface area (Å²) in [4.78, 5) is 14.2. The molecule has 1 aliphatic heterocycles. The normalized spacial score (nSPS) is 31.5. The predicted molar refractivity (Wildman–Crippen MR) is 42.7 cm³/mol. The smallest absolute Gasteiger partial charge is 0.306 e. The molecule has 1 heterocycles. The number of carbonyl (C=O) groups excluding carboxylic acids is 1. The lowest BCUT2D eigenvalue weighted by Gasteiger charge is -2.38. The van der Waals surface area contributed by atoms with Crippen LogP contribution in [0.2, 0.25) is 0 Å². The van der Waals surface area contributed by atoms with Crippen LogP contribution < -0.4 is 5.73 Å². The van der Waals surface area contributed by atoms with Crippen molar-refractivity contribution in [3.63, 3.8) is 0 Å². The second-order valence-corrected chi connectivity index (χ2v) is 2.99. The summed E-state index contributed by atoms with van der Waals surface area (Å²) in [6, 6.07) is -0.0856. The van der Waals surface area contributed by atoms with Crippen molar-refractivity contribution < 1.29 is 4.79 Å². The lowest BCUT2D eigenvalue weighted by molar-refractivity contribution is 0.142. The number of nitrogens with two attached hydrogens (primary N) is 1. The van der Waals surface area contributed by atoms with Crippen LogP contribution in [0.1, 0.15) is 6.92 Å². The second kappa shape index (κ2) is 2.23. The molecule has 0 saturated carbocycles. The summed E-state index contributed by atoms with van der Waals surface area (Å²) < 4.78 is 0. The highest BCUT2D eigenvalue weighted by Gasteiger charge is 2.30. The van der Waals surface area contributed by atoms with E-state index in [0.717, 1.165) is 0 Å². The number of nitrogens with zero attached hydrogens (tertiary/aromatic N) is 2. The molecule has 0 fully saturated rings. The molecule has 2 amide bonds. The van der Waals surface area contributed by atoms with Crippen molar-refractivity contribution in [2.75, 3.05) is 14.1 Å². The molecule has 1 unspecified atom stereocenters. The van der Waals surface area contributed by atoms with Crippen LogP contribution in [-0.2, 0) is 0 Å². The van der Waals surface area contributed by atoms with Gasteiger partial charge in [-0.1, -0.05) is 0 Å². The average molecular weight is 155 g/mol. The third-order valence-electron chi connectivity index (χ3n) is 1.95. The number of urea groups is 1. The lowest BCUT2D eigenvalue weighted by Crippen LogP contribution is -2.58.